The summed E-state index contributed by atoms with van der Waals surface area (Å²) in [5, 5.41) is 7.90. The predicted molar refractivity (Wildman–Crippen MR) is 95.8 cm³/mol. The van der Waals surface area contributed by atoms with Crippen molar-refractivity contribution in [3.05, 3.63) is 54.1 Å². The number of ether oxygens (including phenoxy) is 1. The Hall–Kier alpha value is -3.35. The number of carbonyl (C=O) groups excluding carboxylic acids is 3. The third kappa shape index (κ3) is 5.35. The van der Waals surface area contributed by atoms with E-state index in [1.54, 1.807) is 55.5 Å². The largest absolute Gasteiger partial charge is 0.462 e. The van der Waals surface area contributed by atoms with Gasteiger partial charge in [0.2, 0.25) is 5.91 Å². The quantitative estimate of drug-likeness (QED) is 0.726. The van der Waals surface area contributed by atoms with Gasteiger partial charge in [-0.05, 0) is 37.3 Å². The number of carbonyl (C=O) groups is 3. The first-order valence-electron chi connectivity index (χ1n) is 7.71. The van der Waals surface area contributed by atoms with Crippen molar-refractivity contribution in [3.8, 4) is 0 Å². The normalized spacial score (nSPS) is 9.84. The van der Waals surface area contributed by atoms with Crippen molar-refractivity contribution >= 4 is 35.0 Å². The first-order chi connectivity index (χ1) is 12.0. The number of hydrogen-bond donors (Lipinski definition) is 3. The van der Waals surface area contributed by atoms with Crippen LogP contribution in [0.3, 0.4) is 0 Å². The maximum Gasteiger partial charge on any atom is 0.340 e. The van der Waals surface area contributed by atoms with E-state index in [-0.39, 0.29) is 18.1 Å². The van der Waals surface area contributed by atoms with E-state index in [0.29, 0.717) is 17.1 Å². The maximum absolute atomic E-state index is 12.2. The zero-order valence-electron chi connectivity index (χ0n) is 14.0. The molecule has 0 atom stereocenters. The number of para-hydroxylation sites is 1. The van der Waals surface area contributed by atoms with Gasteiger partial charge >= 0.3 is 12.0 Å². The molecule has 2 aromatic carbocycles. The Balaban J connectivity index is 2.08. The van der Waals surface area contributed by atoms with Crippen molar-refractivity contribution in [2.24, 2.45) is 0 Å². The van der Waals surface area contributed by atoms with Gasteiger partial charge in [-0.15, -0.1) is 0 Å². The van der Waals surface area contributed by atoms with Gasteiger partial charge in [0.05, 0.1) is 17.9 Å². The van der Waals surface area contributed by atoms with Gasteiger partial charge in [-0.1, -0.05) is 18.2 Å². The third-order valence-electron chi connectivity index (χ3n) is 3.11. The minimum atomic E-state index is -0.517. The number of urea groups is 1. The maximum atomic E-state index is 12.2. The van der Waals surface area contributed by atoms with E-state index in [0.717, 1.165) is 0 Å². The molecule has 0 bridgehead atoms. The number of amides is 3. The summed E-state index contributed by atoms with van der Waals surface area (Å²) < 4.78 is 4.97. The fourth-order valence-corrected chi connectivity index (χ4v) is 2.14. The highest BCUT2D eigenvalue weighted by Gasteiger charge is 2.14. The SMILES string of the molecule is CCOC(=O)c1ccccc1NC(=O)Nc1cccc(NC(C)=O)c1. The Morgan fingerprint density at radius 1 is 0.920 bits per heavy atom. The highest BCUT2D eigenvalue weighted by atomic mass is 16.5. The number of hydrogen-bond acceptors (Lipinski definition) is 4. The standard InChI is InChI=1S/C18H19N3O4/c1-3-25-17(23)15-9-4-5-10-16(15)21-18(24)20-14-8-6-7-13(11-14)19-12(2)22/h4-11H,3H2,1-2H3,(H,19,22)(H2,20,21,24). The van der Waals surface area contributed by atoms with Gasteiger partial charge in [-0.25, -0.2) is 9.59 Å². The Kier molecular flexibility index (Phi) is 6.11. The summed E-state index contributed by atoms with van der Waals surface area (Å²) >= 11 is 0. The van der Waals surface area contributed by atoms with Crippen LogP contribution < -0.4 is 16.0 Å². The summed E-state index contributed by atoms with van der Waals surface area (Å²) in [5.41, 5.74) is 1.68. The van der Waals surface area contributed by atoms with Crippen molar-refractivity contribution in [1.82, 2.24) is 0 Å². The summed E-state index contributed by atoms with van der Waals surface area (Å²) in [7, 11) is 0. The Bertz CT molecular complexity index is 789. The van der Waals surface area contributed by atoms with Gasteiger partial charge in [-0.3, -0.25) is 4.79 Å². The molecule has 3 amide bonds. The summed E-state index contributed by atoms with van der Waals surface area (Å²) in [4.78, 5) is 35.2. The van der Waals surface area contributed by atoms with Gasteiger partial charge in [0, 0.05) is 18.3 Å². The highest BCUT2D eigenvalue weighted by Crippen LogP contribution is 2.18. The monoisotopic (exact) mass is 341 g/mol. The average Bonchev–Trinajstić information content (AvgIpc) is 2.55. The highest BCUT2D eigenvalue weighted by molar-refractivity contribution is 6.05. The second kappa shape index (κ2) is 8.49. The molecular formula is C18H19N3O4. The molecule has 7 nitrogen and oxygen atoms in total. The van der Waals surface area contributed by atoms with Crippen molar-refractivity contribution in [3.63, 3.8) is 0 Å². The average molecular weight is 341 g/mol. The molecule has 130 valence electrons. The molecule has 7 heteroatoms. The van der Waals surface area contributed by atoms with E-state index in [1.165, 1.54) is 6.92 Å². The molecule has 2 aromatic rings. The molecule has 2 rings (SSSR count). The summed E-state index contributed by atoms with van der Waals surface area (Å²) in [6.07, 6.45) is 0. The number of anilines is 3. The van der Waals surface area contributed by atoms with E-state index in [1.807, 2.05) is 0 Å². The van der Waals surface area contributed by atoms with Gasteiger partial charge in [-0.2, -0.15) is 0 Å². The van der Waals surface area contributed by atoms with Crippen LogP contribution >= 0.6 is 0 Å². The van der Waals surface area contributed by atoms with Gasteiger partial charge in [0.15, 0.2) is 0 Å². The van der Waals surface area contributed by atoms with Crippen LogP contribution in [0.1, 0.15) is 24.2 Å². The lowest BCUT2D eigenvalue weighted by molar-refractivity contribution is -0.114. The molecule has 0 radical (unpaired) electrons. The Morgan fingerprint density at radius 3 is 2.28 bits per heavy atom. The predicted octanol–water partition coefficient (Wildman–Crippen LogP) is 3.47. The lowest BCUT2D eigenvalue weighted by atomic mass is 10.2. The van der Waals surface area contributed by atoms with Crippen molar-refractivity contribution in [1.29, 1.82) is 0 Å². The van der Waals surface area contributed by atoms with Crippen LogP contribution in [0.5, 0.6) is 0 Å². The second-order valence-corrected chi connectivity index (χ2v) is 5.11. The lowest BCUT2D eigenvalue weighted by Gasteiger charge is -2.12. The second-order valence-electron chi connectivity index (χ2n) is 5.11. The first-order valence-corrected chi connectivity index (χ1v) is 7.71. The lowest BCUT2D eigenvalue weighted by Crippen LogP contribution is -2.21. The minimum absolute atomic E-state index is 0.204. The van der Waals surface area contributed by atoms with Crippen molar-refractivity contribution < 1.29 is 19.1 Å². The third-order valence-corrected chi connectivity index (χ3v) is 3.11. The molecule has 0 aliphatic carbocycles. The van der Waals surface area contributed by atoms with Crippen molar-refractivity contribution in [2.45, 2.75) is 13.8 Å². The van der Waals surface area contributed by atoms with E-state index in [4.69, 9.17) is 4.74 Å². The fraction of sp³-hybridized carbons (Fsp3) is 0.167. The summed E-state index contributed by atoms with van der Waals surface area (Å²) in [6.45, 7) is 3.36. The van der Waals surface area contributed by atoms with Crippen LogP contribution in [0.15, 0.2) is 48.5 Å². The van der Waals surface area contributed by atoms with Gasteiger partial charge in [0.25, 0.3) is 0 Å². The van der Waals surface area contributed by atoms with Crippen LogP contribution in [-0.4, -0.2) is 24.5 Å². The van der Waals surface area contributed by atoms with Gasteiger partial charge < -0.3 is 20.7 Å². The molecule has 0 fully saturated rings. The van der Waals surface area contributed by atoms with Crippen LogP contribution in [0.2, 0.25) is 0 Å². The van der Waals surface area contributed by atoms with E-state index >= 15 is 0 Å². The van der Waals surface area contributed by atoms with E-state index in [2.05, 4.69) is 16.0 Å². The zero-order chi connectivity index (χ0) is 18.2. The molecule has 3 N–H and O–H groups in total. The van der Waals surface area contributed by atoms with Crippen molar-refractivity contribution in [2.75, 3.05) is 22.6 Å². The molecule has 0 heterocycles. The van der Waals surface area contributed by atoms with Gasteiger partial charge in [0.1, 0.15) is 0 Å². The smallest absolute Gasteiger partial charge is 0.340 e. The molecule has 0 unspecified atom stereocenters. The summed E-state index contributed by atoms with van der Waals surface area (Å²) in [6, 6.07) is 12.8. The molecule has 0 spiro atoms. The van der Waals surface area contributed by atoms with Crippen LogP contribution in [0.4, 0.5) is 21.9 Å². The molecule has 0 aliphatic rings. The topological polar surface area (TPSA) is 96.5 Å². The molecule has 0 aliphatic heterocycles. The fourth-order valence-electron chi connectivity index (χ4n) is 2.14. The van der Waals surface area contributed by atoms with Crippen LogP contribution in [0, 0.1) is 0 Å². The zero-order valence-corrected chi connectivity index (χ0v) is 14.0. The molecule has 25 heavy (non-hydrogen) atoms. The van der Waals surface area contributed by atoms with Crippen LogP contribution in [-0.2, 0) is 9.53 Å². The number of nitrogens with one attached hydrogen (secondary N) is 3. The van der Waals surface area contributed by atoms with E-state index < -0.39 is 12.0 Å². The van der Waals surface area contributed by atoms with E-state index in [9.17, 15) is 14.4 Å². The molecule has 0 saturated carbocycles. The Labute approximate surface area is 145 Å². The first kappa shape index (κ1) is 18.0. The van der Waals surface area contributed by atoms with Crippen LogP contribution in [0.25, 0.3) is 0 Å². The number of benzene rings is 2. The summed E-state index contributed by atoms with van der Waals surface area (Å²) in [5.74, 6) is -0.712. The molecular weight excluding hydrogens is 322 g/mol. The number of esters is 1. The minimum Gasteiger partial charge on any atom is -0.462 e. The Morgan fingerprint density at radius 2 is 1.60 bits per heavy atom. The molecule has 0 saturated heterocycles. The number of rotatable bonds is 5. The molecule has 0 aromatic heterocycles.